The van der Waals surface area contributed by atoms with Gasteiger partial charge in [-0.15, -0.1) is 0 Å². The number of nitrogens with zero attached hydrogens (tertiary/aromatic N) is 2. The second-order valence-corrected chi connectivity index (χ2v) is 7.27. The summed E-state index contributed by atoms with van der Waals surface area (Å²) in [4.78, 5) is 13.9. The van der Waals surface area contributed by atoms with Crippen molar-refractivity contribution in [1.82, 2.24) is 9.47 Å². The Labute approximate surface area is 126 Å². The van der Waals surface area contributed by atoms with Crippen LogP contribution in [0.4, 0.5) is 0 Å². The van der Waals surface area contributed by atoms with Gasteiger partial charge < -0.3 is 9.67 Å². The zero-order chi connectivity index (χ0) is 15.0. The van der Waals surface area contributed by atoms with Gasteiger partial charge in [0.05, 0.1) is 0 Å². The Hall–Kier alpha value is -1.29. The van der Waals surface area contributed by atoms with Gasteiger partial charge in [-0.1, -0.05) is 20.3 Å². The van der Waals surface area contributed by atoms with Crippen molar-refractivity contribution in [3.8, 4) is 0 Å². The fraction of sp³-hybridized carbons (Fsp3) is 0.706. The SMILES string of the molecule is CC1(C)CCCC1N1CCC(n2cccc2C(=O)O)CC1. The molecule has 1 N–H and O–H groups in total. The monoisotopic (exact) mass is 290 g/mol. The van der Waals surface area contributed by atoms with Gasteiger partial charge in [-0.25, -0.2) is 4.79 Å². The predicted octanol–water partition coefficient (Wildman–Crippen LogP) is 3.40. The minimum Gasteiger partial charge on any atom is -0.477 e. The first-order valence-electron chi connectivity index (χ1n) is 8.13. The summed E-state index contributed by atoms with van der Waals surface area (Å²) in [7, 11) is 0. The largest absolute Gasteiger partial charge is 0.477 e. The fourth-order valence-electron chi connectivity index (χ4n) is 4.35. The quantitative estimate of drug-likeness (QED) is 0.928. The number of aromatic nitrogens is 1. The van der Waals surface area contributed by atoms with Crippen LogP contribution in [0.15, 0.2) is 18.3 Å². The van der Waals surface area contributed by atoms with Crippen molar-refractivity contribution < 1.29 is 9.90 Å². The molecule has 4 heteroatoms. The third kappa shape index (κ3) is 2.73. The van der Waals surface area contributed by atoms with E-state index in [1.165, 1.54) is 19.3 Å². The molecule has 1 atom stereocenters. The van der Waals surface area contributed by atoms with Crippen LogP contribution in [-0.4, -0.2) is 39.7 Å². The average Bonchev–Trinajstić information content (AvgIpc) is 3.05. The molecule has 1 aromatic heterocycles. The second kappa shape index (κ2) is 5.48. The highest BCUT2D eigenvalue weighted by atomic mass is 16.4. The van der Waals surface area contributed by atoms with Crippen molar-refractivity contribution in [1.29, 1.82) is 0 Å². The molecule has 21 heavy (non-hydrogen) atoms. The van der Waals surface area contributed by atoms with Gasteiger partial charge in [0.15, 0.2) is 0 Å². The molecule has 0 spiro atoms. The van der Waals surface area contributed by atoms with E-state index in [1.54, 1.807) is 6.07 Å². The standard InChI is InChI=1S/C17H26N2O2/c1-17(2)9-3-6-15(17)18-11-7-13(8-12-18)19-10-4-5-14(19)16(20)21/h4-5,10,13,15H,3,6-9,11-12H2,1-2H3,(H,20,21). The number of aromatic carboxylic acids is 1. The van der Waals surface area contributed by atoms with Gasteiger partial charge in [0.1, 0.15) is 5.69 Å². The van der Waals surface area contributed by atoms with Crippen LogP contribution in [0.3, 0.4) is 0 Å². The molecule has 2 aliphatic rings. The molecule has 1 unspecified atom stereocenters. The maximum atomic E-state index is 11.3. The Morgan fingerprint density at radius 2 is 2.00 bits per heavy atom. The average molecular weight is 290 g/mol. The molecule has 116 valence electrons. The summed E-state index contributed by atoms with van der Waals surface area (Å²) >= 11 is 0. The van der Waals surface area contributed by atoms with Crippen molar-refractivity contribution in [2.24, 2.45) is 5.41 Å². The first kappa shape index (κ1) is 14.6. The van der Waals surface area contributed by atoms with Crippen molar-refractivity contribution in [3.05, 3.63) is 24.0 Å². The van der Waals surface area contributed by atoms with E-state index in [0.29, 0.717) is 23.2 Å². The summed E-state index contributed by atoms with van der Waals surface area (Å²) in [5.74, 6) is -0.820. The molecule has 1 saturated heterocycles. The second-order valence-electron chi connectivity index (χ2n) is 7.27. The minimum atomic E-state index is -0.820. The summed E-state index contributed by atoms with van der Waals surface area (Å²) in [6, 6.07) is 4.60. The van der Waals surface area contributed by atoms with Crippen molar-refractivity contribution in [3.63, 3.8) is 0 Å². The Bertz CT molecular complexity index is 513. The molecule has 3 rings (SSSR count). The number of likely N-dealkylation sites (tertiary alicyclic amines) is 1. The van der Waals surface area contributed by atoms with Crippen molar-refractivity contribution in [2.45, 2.75) is 58.0 Å². The van der Waals surface area contributed by atoms with Crippen LogP contribution in [-0.2, 0) is 0 Å². The van der Waals surface area contributed by atoms with Gasteiger partial charge in [-0.2, -0.15) is 0 Å². The zero-order valence-corrected chi connectivity index (χ0v) is 13.1. The van der Waals surface area contributed by atoms with Crippen LogP contribution >= 0.6 is 0 Å². The van der Waals surface area contributed by atoms with Crippen LogP contribution in [0.5, 0.6) is 0 Å². The lowest BCUT2D eigenvalue weighted by Gasteiger charge is -2.42. The Morgan fingerprint density at radius 1 is 1.29 bits per heavy atom. The van der Waals surface area contributed by atoms with Gasteiger partial charge in [0.25, 0.3) is 0 Å². The molecule has 1 aliphatic heterocycles. The van der Waals surface area contributed by atoms with Crippen molar-refractivity contribution in [2.75, 3.05) is 13.1 Å². The molecule has 4 nitrogen and oxygen atoms in total. The normalized spacial score (nSPS) is 27.0. The van der Waals surface area contributed by atoms with E-state index >= 15 is 0 Å². The topological polar surface area (TPSA) is 45.5 Å². The highest BCUT2D eigenvalue weighted by Gasteiger charge is 2.39. The molecule has 0 radical (unpaired) electrons. The third-order valence-electron chi connectivity index (χ3n) is 5.53. The molecular weight excluding hydrogens is 264 g/mol. The van der Waals surface area contributed by atoms with Crippen LogP contribution in [0.1, 0.15) is 62.5 Å². The first-order chi connectivity index (χ1) is 9.99. The number of piperidine rings is 1. The summed E-state index contributed by atoms with van der Waals surface area (Å²) in [6.07, 6.45) is 8.03. The summed E-state index contributed by atoms with van der Waals surface area (Å²) < 4.78 is 1.96. The van der Waals surface area contributed by atoms with Gasteiger partial charge in [0, 0.05) is 31.4 Å². The summed E-state index contributed by atoms with van der Waals surface area (Å²) in [6.45, 7) is 6.97. The van der Waals surface area contributed by atoms with E-state index < -0.39 is 5.97 Å². The number of hydrogen-bond acceptors (Lipinski definition) is 2. The predicted molar refractivity (Wildman–Crippen MR) is 82.7 cm³/mol. The smallest absolute Gasteiger partial charge is 0.352 e. The lowest BCUT2D eigenvalue weighted by Crippen LogP contribution is -2.46. The van der Waals surface area contributed by atoms with Gasteiger partial charge in [-0.3, -0.25) is 4.90 Å². The summed E-state index contributed by atoms with van der Waals surface area (Å²) in [5, 5.41) is 9.25. The molecule has 2 fully saturated rings. The maximum absolute atomic E-state index is 11.3. The maximum Gasteiger partial charge on any atom is 0.352 e. The molecule has 0 amide bonds. The third-order valence-corrected chi connectivity index (χ3v) is 5.53. The lowest BCUT2D eigenvalue weighted by molar-refractivity contribution is 0.0651. The Kier molecular flexibility index (Phi) is 3.82. The number of hydrogen-bond donors (Lipinski definition) is 1. The highest BCUT2D eigenvalue weighted by molar-refractivity contribution is 5.85. The zero-order valence-electron chi connectivity index (χ0n) is 13.1. The van der Waals surface area contributed by atoms with E-state index in [1.807, 2.05) is 16.8 Å². The molecule has 2 heterocycles. The number of carboxylic acids is 1. The Balaban J connectivity index is 1.65. The molecule has 1 aliphatic carbocycles. The Morgan fingerprint density at radius 3 is 2.57 bits per heavy atom. The van der Waals surface area contributed by atoms with Crippen LogP contribution < -0.4 is 0 Å². The molecule has 1 saturated carbocycles. The van der Waals surface area contributed by atoms with E-state index in [2.05, 4.69) is 18.7 Å². The highest BCUT2D eigenvalue weighted by Crippen LogP contribution is 2.42. The molecule has 0 bridgehead atoms. The van der Waals surface area contributed by atoms with E-state index in [0.717, 1.165) is 25.9 Å². The summed E-state index contributed by atoms with van der Waals surface area (Å²) in [5.41, 5.74) is 0.863. The van der Waals surface area contributed by atoms with Crippen LogP contribution in [0.25, 0.3) is 0 Å². The van der Waals surface area contributed by atoms with Crippen LogP contribution in [0, 0.1) is 5.41 Å². The van der Waals surface area contributed by atoms with E-state index in [9.17, 15) is 9.90 Å². The number of carboxylic acid groups (broad SMARTS) is 1. The fourth-order valence-corrected chi connectivity index (χ4v) is 4.35. The van der Waals surface area contributed by atoms with Gasteiger partial charge in [-0.05, 0) is 43.2 Å². The van der Waals surface area contributed by atoms with E-state index in [-0.39, 0.29) is 0 Å². The van der Waals surface area contributed by atoms with Gasteiger partial charge >= 0.3 is 5.97 Å². The number of carbonyl (C=O) groups is 1. The minimum absolute atomic E-state index is 0.340. The lowest BCUT2D eigenvalue weighted by atomic mass is 9.85. The first-order valence-corrected chi connectivity index (χ1v) is 8.13. The molecule has 0 aromatic carbocycles. The van der Waals surface area contributed by atoms with Crippen LogP contribution in [0.2, 0.25) is 0 Å². The number of rotatable bonds is 3. The molecule has 1 aromatic rings. The van der Waals surface area contributed by atoms with Crippen molar-refractivity contribution >= 4 is 5.97 Å². The van der Waals surface area contributed by atoms with E-state index in [4.69, 9.17) is 0 Å². The van der Waals surface area contributed by atoms with Gasteiger partial charge in [0.2, 0.25) is 0 Å². The molecular formula is C17H26N2O2.